The van der Waals surface area contributed by atoms with Crippen LogP contribution >= 0.6 is 15.9 Å². The zero-order valence-corrected chi connectivity index (χ0v) is 7.98. The van der Waals surface area contributed by atoms with Crippen molar-refractivity contribution in [3.8, 4) is 5.69 Å². The van der Waals surface area contributed by atoms with Crippen LogP contribution in [0.4, 0.5) is 0 Å². The molecule has 1 heterocycles. The molecular weight excluding hydrogens is 238 g/mol. The van der Waals surface area contributed by atoms with Crippen LogP contribution in [0.25, 0.3) is 5.69 Å². The minimum atomic E-state index is -0.581. The lowest BCUT2D eigenvalue weighted by molar-refractivity contribution is -0.725. The van der Waals surface area contributed by atoms with Gasteiger partial charge in [-0.2, -0.15) is 0 Å². The van der Waals surface area contributed by atoms with Crippen LogP contribution in [0, 0.1) is 0 Å². The highest BCUT2D eigenvalue weighted by molar-refractivity contribution is 9.10. The molecule has 0 fully saturated rings. The summed E-state index contributed by atoms with van der Waals surface area (Å²) in [5.74, 6) is -0.581. The lowest BCUT2D eigenvalue weighted by atomic mass is 10.3. The fraction of sp³-hybridized carbons (Fsp3) is 0. The van der Waals surface area contributed by atoms with Gasteiger partial charge in [-0.25, -0.2) is 9.32 Å². The molecule has 0 radical (unpaired) electrons. The van der Waals surface area contributed by atoms with Crippen molar-refractivity contribution in [1.29, 1.82) is 0 Å². The Bertz CT molecular complexity index is 459. The SMILES string of the molecule is O=c1[nH][n+](-c2ccc(Br)cc2)no1. The number of hydrogen-bond acceptors (Lipinski definition) is 3. The number of rotatable bonds is 1. The molecule has 0 spiro atoms. The number of aromatic amines is 1. The molecule has 1 aromatic heterocycles. The van der Waals surface area contributed by atoms with Gasteiger partial charge in [0.15, 0.2) is 0 Å². The maximum atomic E-state index is 10.6. The van der Waals surface area contributed by atoms with E-state index in [2.05, 4.69) is 30.8 Å². The molecule has 13 heavy (non-hydrogen) atoms. The number of nitrogens with zero attached hydrogens (tertiary/aromatic N) is 2. The van der Waals surface area contributed by atoms with Crippen molar-refractivity contribution in [2.75, 3.05) is 0 Å². The smallest absolute Gasteiger partial charge is 0.239 e. The van der Waals surface area contributed by atoms with Gasteiger partial charge in [0.2, 0.25) is 5.27 Å². The van der Waals surface area contributed by atoms with Gasteiger partial charge in [-0.3, -0.25) is 0 Å². The molecule has 2 rings (SSSR count). The van der Waals surface area contributed by atoms with E-state index in [0.717, 1.165) is 10.2 Å². The first-order valence-corrected chi connectivity index (χ1v) is 4.29. The second-order valence-corrected chi connectivity index (χ2v) is 3.28. The van der Waals surface area contributed by atoms with Crippen molar-refractivity contribution >= 4 is 15.9 Å². The summed E-state index contributed by atoms with van der Waals surface area (Å²) in [7, 11) is 0. The molecule has 1 N–H and O–H groups in total. The number of halogens is 1. The molecule has 0 bridgehead atoms. The van der Waals surface area contributed by atoms with Crippen molar-refractivity contribution in [3.05, 3.63) is 39.3 Å². The predicted molar refractivity (Wildman–Crippen MR) is 46.4 cm³/mol. The van der Waals surface area contributed by atoms with Crippen molar-refractivity contribution in [1.82, 2.24) is 10.4 Å². The van der Waals surface area contributed by atoms with Crippen LogP contribution in [0.2, 0.25) is 0 Å². The maximum absolute atomic E-state index is 10.6. The van der Waals surface area contributed by atoms with E-state index in [4.69, 9.17) is 0 Å². The molecule has 66 valence electrons. The lowest BCUT2D eigenvalue weighted by Crippen LogP contribution is -2.37. The van der Waals surface area contributed by atoms with Gasteiger partial charge in [-0.05, 0) is 12.1 Å². The van der Waals surface area contributed by atoms with E-state index in [1.807, 2.05) is 12.1 Å². The summed E-state index contributed by atoms with van der Waals surface area (Å²) in [6, 6.07) is 7.27. The minimum absolute atomic E-state index is 0.581. The van der Waals surface area contributed by atoms with Crippen molar-refractivity contribution in [2.45, 2.75) is 0 Å². The standard InChI is InChI=1S/C7H4BrN3O2/c8-5-1-3-6(4-2-5)11-9-7(12)13-10-11/h1-4H/p+1. The topological polar surface area (TPSA) is 62.8 Å². The summed E-state index contributed by atoms with van der Waals surface area (Å²) in [4.78, 5) is 11.9. The Morgan fingerprint density at radius 3 is 2.62 bits per heavy atom. The summed E-state index contributed by atoms with van der Waals surface area (Å²) in [5.41, 5.74) is 0.731. The molecule has 0 aliphatic carbocycles. The first kappa shape index (κ1) is 8.18. The lowest BCUT2D eigenvalue weighted by Gasteiger charge is -1.86. The van der Waals surface area contributed by atoms with Gasteiger partial charge in [-0.1, -0.05) is 21.0 Å². The highest BCUT2D eigenvalue weighted by atomic mass is 79.9. The third kappa shape index (κ3) is 1.67. The van der Waals surface area contributed by atoms with E-state index < -0.39 is 5.76 Å². The Kier molecular flexibility index (Phi) is 1.97. The van der Waals surface area contributed by atoms with Crippen molar-refractivity contribution in [3.63, 3.8) is 0 Å². The second-order valence-electron chi connectivity index (χ2n) is 2.36. The molecule has 5 nitrogen and oxygen atoms in total. The van der Waals surface area contributed by atoms with Gasteiger partial charge in [0, 0.05) is 16.6 Å². The monoisotopic (exact) mass is 242 g/mol. The number of hydrogen-bond donors (Lipinski definition) is 1. The van der Waals surface area contributed by atoms with Gasteiger partial charge in [0.1, 0.15) is 0 Å². The molecule has 0 aliphatic rings. The Morgan fingerprint density at radius 1 is 1.38 bits per heavy atom. The average Bonchev–Trinajstić information content (AvgIpc) is 2.53. The van der Waals surface area contributed by atoms with Crippen LogP contribution in [0.3, 0.4) is 0 Å². The molecule has 2 aromatic rings. The fourth-order valence-electron chi connectivity index (χ4n) is 0.899. The van der Waals surface area contributed by atoms with Crippen molar-refractivity contribution < 1.29 is 9.32 Å². The molecule has 0 amide bonds. The largest absolute Gasteiger partial charge is 0.493 e. The Balaban J connectivity index is 2.47. The number of nitrogens with one attached hydrogen (secondary N) is 1. The number of benzene rings is 1. The van der Waals surface area contributed by atoms with Crippen molar-refractivity contribution in [2.24, 2.45) is 0 Å². The first-order valence-electron chi connectivity index (χ1n) is 3.50. The second kappa shape index (κ2) is 3.14. The summed E-state index contributed by atoms with van der Waals surface area (Å²) < 4.78 is 5.30. The molecule has 0 saturated heterocycles. The molecule has 0 atom stereocenters. The third-order valence-corrected chi connectivity index (χ3v) is 2.00. The molecule has 0 saturated carbocycles. The fourth-order valence-corrected chi connectivity index (χ4v) is 1.16. The zero-order chi connectivity index (χ0) is 9.26. The number of H-pyrrole nitrogens is 1. The molecule has 0 aliphatic heterocycles. The van der Waals surface area contributed by atoms with Gasteiger partial charge in [0.25, 0.3) is 5.69 Å². The van der Waals surface area contributed by atoms with E-state index in [9.17, 15) is 4.79 Å². The summed E-state index contributed by atoms with van der Waals surface area (Å²) in [6.07, 6.45) is 0. The van der Waals surface area contributed by atoms with E-state index in [1.54, 1.807) is 12.1 Å². The highest BCUT2D eigenvalue weighted by Crippen LogP contribution is 2.09. The Morgan fingerprint density at radius 2 is 2.08 bits per heavy atom. The van der Waals surface area contributed by atoms with Crippen LogP contribution in [0.5, 0.6) is 0 Å². The minimum Gasteiger partial charge on any atom is -0.239 e. The molecular formula is C7H5BrN3O2+. The van der Waals surface area contributed by atoms with Crippen LogP contribution in [0.15, 0.2) is 38.1 Å². The molecule has 1 aromatic carbocycles. The summed E-state index contributed by atoms with van der Waals surface area (Å²) >= 11 is 3.30. The molecule has 6 heteroatoms. The van der Waals surface area contributed by atoms with Crippen LogP contribution in [-0.2, 0) is 0 Å². The highest BCUT2D eigenvalue weighted by Gasteiger charge is 2.11. The van der Waals surface area contributed by atoms with Gasteiger partial charge >= 0.3 is 5.76 Å². The van der Waals surface area contributed by atoms with E-state index in [1.165, 1.54) is 4.80 Å². The van der Waals surface area contributed by atoms with Gasteiger partial charge in [-0.15, -0.1) is 0 Å². The first-order chi connectivity index (χ1) is 6.25. The van der Waals surface area contributed by atoms with Crippen LogP contribution < -0.4 is 10.6 Å². The normalized spacial score (nSPS) is 10.2. The Hall–Kier alpha value is -1.43. The molecule has 0 unspecified atom stereocenters. The summed E-state index contributed by atoms with van der Waals surface area (Å²) in [6.45, 7) is 0. The third-order valence-electron chi connectivity index (χ3n) is 1.47. The van der Waals surface area contributed by atoms with E-state index in [0.29, 0.717) is 0 Å². The summed E-state index contributed by atoms with van der Waals surface area (Å²) in [5, 5.41) is 5.85. The predicted octanol–water partition coefficient (Wildman–Crippen LogP) is 0.402. The quantitative estimate of drug-likeness (QED) is 0.737. The average molecular weight is 243 g/mol. The zero-order valence-electron chi connectivity index (χ0n) is 6.40. The van der Waals surface area contributed by atoms with E-state index in [-0.39, 0.29) is 0 Å². The van der Waals surface area contributed by atoms with Crippen LogP contribution in [-0.4, -0.2) is 10.4 Å². The van der Waals surface area contributed by atoms with E-state index >= 15 is 0 Å². The maximum Gasteiger partial charge on any atom is 0.493 e. The van der Waals surface area contributed by atoms with Gasteiger partial charge in [0.05, 0.1) is 4.80 Å². The van der Waals surface area contributed by atoms with Crippen LogP contribution in [0.1, 0.15) is 0 Å². The Labute approximate surface area is 81.1 Å². The van der Waals surface area contributed by atoms with Gasteiger partial charge < -0.3 is 0 Å². The number of aromatic nitrogens is 3.